The molecule has 0 bridgehead atoms. The highest BCUT2D eigenvalue weighted by Crippen LogP contribution is 2.33. The van der Waals surface area contributed by atoms with E-state index in [-0.39, 0.29) is 30.6 Å². The van der Waals surface area contributed by atoms with Crippen LogP contribution in [0.2, 0.25) is 0 Å². The zero-order valence-electron chi connectivity index (χ0n) is 20.9. The molecule has 10 nitrogen and oxygen atoms in total. The molecular weight excluding hydrogens is 538 g/mol. The minimum Gasteiger partial charge on any atom is -0.355 e. The SMILES string of the molecule is O=C(CN1CCN(Cc2cc(F)ccc2C(F)(F)F)CC1)Nc1nnc(N[C@@H]2CCN(c3cccnn3)C2)s1. The number of nitrogens with one attached hydrogen (secondary N) is 2. The van der Waals surface area contributed by atoms with Gasteiger partial charge in [-0.3, -0.25) is 19.9 Å². The summed E-state index contributed by atoms with van der Waals surface area (Å²) in [6.45, 7) is 3.63. The highest BCUT2D eigenvalue weighted by Gasteiger charge is 2.34. The molecule has 2 aliphatic rings. The quantitative estimate of drug-likeness (QED) is 0.399. The van der Waals surface area contributed by atoms with E-state index in [0.29, 0.717) is 36.4 Å². The molecule has 0 radical (unpaired) electrons. The Bertz CT molecular complexity index is 1270. The number of hydrogen-bond donors (Lipinski definition) is 2. The van der Waals surface area contributed by atoms with Crippen molar-refractivity contribution in [1.29, 1.82) is 0 Å². The number of halogens is 4. The number of carbonyl (C=O) groups excluding carboxylic acids is 1. The predicted molar refractivity (Wildman–Crippen MR) is 138 cm³/mol. The van der Waals surface area contributed by atoms with Crippen molar-refractivity contribution in [1.82, 2.24) is 30.2 Å². The van der Waals surface area contributed by atoms with Crippen LogP contribution < -0.4 is 15.5 Å². The summed E-state index contributed by atoms with van der Waals surface area (Å²) in [6.07, 6.45) is -2.00. The lowest BCUT2D eigenvalue weighted by atomic mass is 10.1. The number of anilines is 3. The van der Waals surface area contributed by atoms with Gasteiger partial charge in [-0.25, -0.2) is 4.39 Å². The third-order valence-corrected chi connectivity index (χ3v) is 7.44. The third-order valence-electron chi connectivity index (χ3n) is 6.67. The van der Waals surface area contributed by atoms with Crippen molar-refractivity contribution in [2.75, 3.05) is 61.3 Å². The van der Waals surface area contributed by atoms with Crippen LogP contribution in [0.1, 0.15) is 17.5 Å². The van der Waals surface area contributed by atoms with E-state index in [9.17, 15) is 22.4 Å². The number of amides is 1. The lowest BCUT2D eigenvalue weighted by Crippen LogP contribution is -2.48. The van der Waals surface area contributed by atoms with E-state index in [1.54, 1.807) is 6.20 Å². The molecule has 2 saturated heterocycles. The van der Waals surface area contributed by atoms with E-state index < -0.39 is 17.6 Å². The minimum absolute atomic E-state index is 0.00922. The zero-order valence-corrected chi connectivity index (χ0v) is 21.7. The molecule has 1 amide bonds. The molecule has 208 valence electrons. The number of benzene rings is 1. The maximum Gasteiger partial charge on any atom is 0.416 e. The molecule has 1 atom stereocenters. The summed E-state index contributed by atoms with van der Waals surface area (Å²) >= 11 is 1.25. The highest BCUT2D eigenvalue weighted by atomic mass is 32.1. The van der Waals surface area contributed by atoms with Crippen molar-refractivity contribution >= 4 is 33.3 Å². The lowest BCUT2D eigenvalue weighted by Gasteiger charge is -2.34. The summed E-state index contributed by atoms with van der Waals surface area (Å²) in [5.41, 5.74) is -0.916. The predicted octanol–water partition coefficient (Wildman–Crippen LogP) is 2.93. The van der Waals surface area contributed by atoms with Gasteiger partial charge in [-0.1, -0.05) is 11.3 Å². The molecule has 2 aromatic heterocycles. The Morgan fingerprint density at radius 2 is 1.79 bits per heavy atom. The first kappa shape index (κ1) is 27.1. The molecule has 15 heteroatoms. The normalized spacial score (nSPS) is 18.9. The number of aromatic nitrogens is 4. The molecule has 0 aliphatic carbocycles. The van der Waals surface area contributed by atoms with Crippen molar-refractivity contribution < 1.29 is 22.4 Å². The summed E-state index contributed by atoms with van der Waals surface area (Å²) in [4.78, 5) is 18.5. The Hall–Kier alpha value is -3.43. The molecule has 39 heavy (non-hydrogen) atoms. The van der Waals surface area contributed by atoms with Gasteiger partial charge >= 0.3 is 6.18 Å². The lowest BCUT2D eigenvalue weighted by molar-refractivity contribution is -0.138. The van der Waals surface area contributed by atoms with Gasteiger partial charge in [0.1, 0.15) is 5.82 Å². The summed E-state index contributed by atoms with van der Waals surface area (Å²) in [5.74, 6) is -0.117. The monoisotopic (exact) mass is 565 g/mol. The van der Waals surface area contributed by atoms with Crippen LogP contribution in [0.15, 0.2) is 36.5 Å². The van der Waals surface area contributed by atoms with E-state index in [0.717, 1.165) is 43.5 Å². The largest absolute Gasteiger partial charge is 0.416 e. The number of hydrogen-bond acceptors (Lipinski definition) is 10. The smallest absolute Gasteiger partial charge is 0.355 e. The fraction of sp³-hybridized carbons (Fsp3) is 0.458. The highest BCUT2D eigenvalue weighted by molar-refractivity contribution is 7.19. The average Bonchev–Trinajstić information content (AvgIpc) is 3.55. The van der Waals surface area contributed by atoms with Crippen molar-refractivity contribution in [3.63, 3.8) is 0 Å². The van der Waals surface area contributed by atoms with Crippen LogP contribution in [-0.4, -0.2) is 88.0 Å². The van der Waals surface area contributed by atoms with E-state index >= 15 is 0 Å². The van der Waals surface area contributed by atoms with Gasteiger partial charge in [0.25, 0.3) is 0 Å². The zero-order chi connectivity index (χ0) is 27.4. The summed E-state index contributed by atoms with van der Waals surface area (Å²) in [7, 11) is 0. The summed E-state index contributed by atoms with van der Waals surface area (Å²) in [6, 6.07) is 6.48. The Kier molecular flexibility index (Phi) is 8.18. The summed E-state index contributed by atoms with van der Waals surface area (Å²) in [5, 5.41) is 23.3. The Labute approximate surface area is 226 Å². The second kappa shape index (κ2) is 11.8. The molecular formula is C24H27F4N9OS. The minimum atomic E-state index is -4.54. The summed E-state index contributed by atoms with van der Waals surface area (Å²) < 4.78 is 53.5. The number of nitrogens with zero attached hydrogens (tertiary/aromatic N) is 7. The Morgan fingerprint density at radius 3 is 2.54 bits per heavy atom. The topological polar surface area (TPSA) is 102 Å². The maximum absolute atomic E-state index is 13.6. The Balaban J connectivity index is 1.05. The van der Waals surface area contributed by atoms with Crippen molar-refractivity contribution in [3.8, 4) is 0 Å². The maximum atomic E-state index is 13.6. The van der Waals surface area contributed by atoms with Gasteiger partial charge in [-0.05, 0) is 42.3 Å². The van der Waals surface area contributed by atoms with Crippen LogP contribution in [-0.2, 0) is 17.5 Å². The van der Waals surface area contributed by atoms with Crippen molar-refractivity contribution in [2.24, 2.45) is 0 Å². The van der Waals surface area contributed by atoms with Gasteiger partial charge in [0.05, 0.1) is 12.1 Å². The van der Waals surface area contributed by atoms with Crippen LogP contribution in [0.4, 0.5) is 33.6 Å². The first-order valence-corrected chi connectivity index (χ1v) is 13.3. The molecule has 3 aromatic rings. The molecule has 1 aromatic carbocycles. The molecule has 0 saturated carbocycles. The van der Waals surface area contributed by atoms with Gasteiger partial charge < -0.3 is 10.2 Å². The van der Waals surface area contributed by atoms with E-state index in [4.69, 9.17) is 0 Å². The van der Waals surface area contributed by atoms with Gasteiger partial charge in [-0.2, -0.15) is 18.3 Å². The molecule has 2 N–H and O–H groups in total. The van der Waals surface area contributed by atoms with E-state index in [2.05, 4.69) is 35.9 Å². The number of alkyl halides is 3. The van der Waals surface area contributed by atoms with Crippen LogP contribution in [0.5, 0.6) is 0 Å². The van der Waals surface area contributed by atoms with Crippen LogP contribution in [0, 0.1) is 5.82 Å². The molecule has 2 aliphatic heterocycles. The van der Waals surface area contributed by atoms with E-state index in [1.165, 1.54) is 11.3 Å². The fourth-order valence-electron chi connectivity index (χ4n) is 4.73. The van der Waals surface area contributed by atoms with Crippen LogP contribution in [0.3, 0.4) is 0 Å². The first-order valence-electron chi connectivity index (χ1n) is 12.5. The molecule has 0 unspecified atom stereocenters. The van der Waals surface area contributed by atoms with Crippen molar-refractivity contribution in [3.05, 3.63) is 53.5 Å². The standard InChI is InChI=1S/C24H27F4N9OS/c25-17-3-4-19(24(26,27)28)16(12-17)13-35-8-10-36(11-9-35)15-21(38)31-23-34-33-22(39-23)30-18-5-7-37(14-18)20-2-1-6-29-32-20/h1-4,6,12,18H,5,7-11,13-15H2,(H,30,33)(H,31,34,38)/t18-/m1/s1. The first-order chi connectivity index (χ1) is 18.7. The number of piperazine rings is 1. The van der Waals surface area contributed by atoms with Crippen LogP contribution in [0.25, 0.3) is 0 Å². The van der Waals surface area contributed by atoms with Gasteiger partial charge in [0.15, 0.2) is 5.82 Å². The molecule has 4 heterocycles. The van der Waals surface area contributed by atoms with Crippen LogP contribution >= 0.6 is 11.3 Å². The molecule has 5 rings (SSSR count). The van der Waals surface area contributed by atoms with Gasteiger partial charge in [-0.15, -0.1) is 15.3 Å². The molecule has 0 spiro atoms. The van der Waals surface area contributed by atoms with E-state index in [1.807, 2.05) is 21.9 Å². The Morgan fingerprint density at radius 1 is 1.03 bits per heavy atom. The fourth-order valence-corrected chi connectivity index (χ4v) is 5.47. The van der Waals surface area contributed by atoms with Gasteiger partial charge in [0, 0.05) is 58.1 Å². The number of carbonyl (C=O) groups is 1. The molecule has 2 fully saturated rings. The van der Waals surface area contributed by atoms with Gasteiger partial charge in [0.2, 0.25) is 16.2 Å². The number of rotatable bonds is 8. The second-order valence-corrected chi connectivity index (χ2v) is 10.4. The van der Waals surface area contributed by atoms with Crippen molar-refractivity contribution in [2.45, 2.75) is 25.2 Å². The average molecular weight is 566 g/mol. The third kappa shape index (κ3) is 7.16. The second-order valence-electron chi connectivity index (χ2n) is 9.47.